The standard InChI is InChI=1S/C23H23N3O4S/c1-16(27)26-31(29,30)15-21-7-2-3-11-22(21)25-23(28)20-10-5-9-19(13-20)18-8-4-6-17(12-18)14-24/h2-13H,14-15,24H2,1H3,(H,25,28)(H,26,27). The third-order valence-corrected chi connectivity index (χ3v) is 5.82. The summed E-state index contributed by atoms with van der Waals surface area (Å²) < 4.78 is 26.2. The van der Waals surface area contributed by atoms with Gasteiger partial charge in [-0.2, -0.15) is 0 Å². The molecule has 0 radical (unpaired) electrons. The maximum atomic E-state index is 12.9. The Kier molecular flexibility index (Phi) is 6.84. The van der Waals surface area contributed by atoms with Gasteiger partial charge in [-0.1, -0.05) is 48.5 Å². The maximum Gasteiger partial charge on any atom is 0.255 e. The van der Waals surface area contributed by atoms with Gasteiger partial charge in [0.05, 0.1) is 5.75 Å². The number of hydrogen-bond donors (Lipinski definition) is 3. The van der Waals surface area contributed by atoms with E-state index in [0.717, 1.165) is 23.6 Å². The molecule has 7 nitrogen and oxygen atoms in total. The van der Waals surface area contributed by atoms with E-state index in [-0.39, 0.29) is 5.91 Å². The van der Waals surface area contributed by atoms with Crippen molar-refractivity contribution in [2.45, 2.75) is 19.2 Å². The van der Waals surface area contributed by atoms with Crippen LogP contribution in [0.3, 0.4) is 0 Å². The molecule has 0 aromatic heterocycles. The zero-order valence-corrected chi connectivity index (χ0v) is 17.8. The molecule has 2 amide bonds. The summed E-state index contributed by atoms with van der Waals surface area (Å²) in [4.78, 5) is 24.0. The van der Waals surface area contributed by atoms with Crippen molar-refractivity contribution in [2.75, 3.05) is 5.32 Å². The SMILES string of the molecule is CC(=O)NS(=O)(=O)Cc1ccccc1NC(=O)c1cccc(-c2cccc(CN)c2)c1. The molecule has 0 unspecified atom stereocenters. The number of hydrogen-bond acceptors (Lipinski definition) is 5. The summed E-state index contributed by atoms with van der Waals surface area (Å²) in [5.74, 6) is -1.48. The van der Waals surface area contributed by atoms with Gasteiger partial charge in [-0.3, -0.25) is 14.3 Å². The summed E-state index contributed by atoms with van der Waals surface area (Å²) in [5, 5.41) is 2.77. The quantitative estimate of drug-likeness (QED) is 0.525. The summed E-state index contributed by atoms with van der Waals surface area (Å²) in [5.41, 5.74) is 9.67. The van der Waals surface area contributed by atoms with Crippen LogP contribution in [0.15, 0.2) is 72.8 Å². The molecule has 31 heavy (non-hydrogen) atoms. The number of nitrogens with two attached hydrogens (primary N) is 1. The Morgan fingerprint density at radius 2 is 1.58 bits per heavy atom. The van der Waals surface area contributed by atoms with E-state index >= 15 is 0 Å². The molecule has 0 atom stereocenters. The number of benzene rings is 3. The molecule has 4 N–H and O–H groups in total. The highest BCUT2D eigenvalue weighted by atomic mass is 32.2. The van der Waals surface area contributed by atoms with E-state index in [1.807, 2.05) is 35.1 Å². The van der Waals surface area contributed by atoms with E-state index in [2.05, 4.69) is 5.32 Å². The monoisotopic (exact) mass is 437 g/mol. The van der Waals surface area contributed by atoms with Gasteiger partial charge in [0.1, 0.15) is 0 Å². The molecule has 0 aliphatic heterocycles. The molecule has 0 fully saturated rings. The Morgan fingerprint density at radius 3 is 2.29 bits per heavy atom. The van der Waals surface area contributed by atoms with Gasteiger partial charge >= 0.3 is 0 Å². The number of nitrogens with one attached hydrogen (secondary N) is 2. The van der Waals surface area contributed by atoms with E-state index in [1.54, 1.807) is 42.5 Å². The fourth-order valence-electron chi connectivity index (χ4n) is 3.14. The Morgan fingerprint density at radius 1 is 0.903 bits per heavy atom. The Bertz CT molecular complexity index is 1220. The topological polar surface area (TPSA) is 118 Å². The number of carbonyl (C=O) groups is 2. The molecule has 0 aliphatic carbocycles. The van der Waals surface area contributed by atoms with Gasteiger partial charge in [-0.05, 0) is 46.5 Å². The van der Waals surface area contributed by atoms with Crippen LogP contribution in [-0.2, 0) is 27.1 Å². The lowest BCUT2D eigenvalue weighted by atomic mass is 10.0. The van der Waals surface area contributed by atoms with Crippen molar-refractivity contribution >= 4 is 27.5 Å². The van der Waals surface area contributed by atoms with E-state index < -0.39 is 21.7 Å². The first kappa shape index (κ1) is 22.2. The van der Waals surface area contributed by atoms with Crippen molar-refractivity contribution in [2.24, 2.45) is 5.73 Å². The normalized spacial score (nSPS) is 11.0. The fourth-order valence-corrected chi connectivity index (χ4v) is 4.31. The Balaban J connectivity index is 1.84. The summed E-state index contributed by atoms with van der Waals surface area (Å²) >= 11 is 0. The second-order valence-corrected chi connectivity index (χ2v) is 8.74. The van der Waals surface area contributed by atoms with Gasteiger partial charge in [-0.25, -0.2) is 8.42 Å². The summed E-state index contributed by atoms with van der Waals surface area (Å²) in [6.07, 6.45) is 0. The molecule has 0 aliphatic rings. The summed E-state index contributed by atoms with van der Waals surface area (Å²) in [6, 6.07) is 21.5. The average Bonchev–Trinajstić information content (AvgIpc) is 2.74. The molecule has 0 saturated heterocycles. The van der Waals surface area contributed by atoms with Gasteiger partial charge < -0.3 is 11.1 Å². The number of sulfonamides is 1. The van der Waals surface area contributed by atoms with Gasteiger partial charge in [0.2, 0.25) is 15.9 Å². The van der Waals surface area contributed by atoms with Crippen LogP contribution in [0.4, 0.5) is 5.69 Å². The van der Waals surface area contributed by atoms with Gasteiger partial charge in [0.25, 0.3) is 5.91 Å². The second kappa shape index (κ2) is 9.55. The summed E-state index contributed by atoms with van der Waals surface area (Å²) in [6.45, 7) is 1.55. The largest absolute Gasteiger partial charge is 0.326 e. The van der Waals surface area contributed by atoms with Crippen LogP contribution in [0.25, 0.3) is 11.1 Å². The van der Waals surface area contributed by atoms with Crippen LogP contribution in [0.2, 0.25) is 0 Å². The van der Waals surface area contributed by atoms with Gasteiger partial charge in [0.15, 0.2) is 0 Å². The minimum atomic E-state index is -3.87. The summed E-state index contributed by atoms with van der Waals surface area (Å²) in [7, 11) is -3.87. The Hall–Kier alpha value is -3.49. The molecule has 3 aromatic carbocycles. The van der Waals surface area contributed by atoms with Crippen LogP contribution in [0, 0.1) is 0 Å². The first-order valence-electron chi connectivity index (χ1n) is 9.57. The van der Waals surface area contributed by atoms with Crippen LogP contribution < -0.4 is 15.8 Å². The molecular formula is C23H23N3O4S. The highest BCUT2D eigenvalue weighted by molar-refractivity contribution is 7.89. The van der Waals surface area contributed by atoms with Crippen LogP contribution >= 0.6 is 0 Å². The number of rotatable bonds is 7. The lowest BCUT2D eigenvalue weighted by molar-refractivity contribution is -0.117. The zero-order chi connectivity index (χ0) is 22.4. The molecule has 0 spiro atoms. The molecule has 0 heterocycles. The average molecular weight is 438 g/mol. The number of amides is 2. The van der Waals surface area contributed by atoms with Crippen molar-refractivity contribution < 1.29 is 18.0 Å². The molecule has 160 valence electrons. The van der Waals surface area contributed by atoms with Crippen LogP contribution in [0.5, 0.6) is 0 Å². The molecule has 3 aromatic rings. The van der Waals surface area contributed by atoms with E-state index in [0.29, 0.717) is 23.4 Å². The van der Waals surface area contributed by atoms with Crippen LogP contribution in [-0.4, -0.2) is 20.2 Å². The van der Waals surface area contributed by atoms with Gasteiger partial charge in [-0.15, -0.1) is 0 Å². The molecule has 0 bridgehead atoms. The number of anilines is 1. The van der Waals surface area contributed by atoms with Crippen molar-refractivity contribution in [3.05, 3.63) is 89.5 Å². The Labute approximate surface area is 181 Å². The lowest BCUT2D eigenvalue weighted by Crippen LogP contribution is -2.29. The van der Waals surface area contributed by atoms with E-state index in [1.165, 1.54) is 0 Å². The zero-order valence-electron chi connectivity index (χ0n) is 17.0. The first-order chi connectivity index (χ1) is 14.8. The predicted molar refractivity (Wildman–Crippen MR) is 121 cm³/mol. The van der Waals surface area contributed by atoms with Crippen molar-refractivity contribution in [3.8, 4) is 11.1 Å². The molecule has 0 saturated carbocycles. The predicted octanol–water partition coefficient (Wildman–Crippen LogP) is 3.03. The molecular weight excluding hydrogens is 414 g/mol. The third kappa shape index (κ3) is 6.00. The maximum absolute atomic E-state index is 12.9. The fraction of sp³-hybridized carbons (Fsp3) is 0.130. The highest BCUT2D eigenvalue weighted by Crippen LogP contribution is 2.23. The lowest BCUT2D eigenvalue weighted by Gasteiger charge is -2.12. The van der Waals surface area contributed by atoms with E-state index in [4.69, 9.17) is 5.73 Å². The van der Waals surface area contributed by atoms with Gasteiger partial charge in [0, 0.05) is 24.7 Å². The smallest absolute Gasteiger partial charge is 0.255 e. The number of carbonyl (C=O) groups excluding carboxylic acids is 2. The van der Waals surface area contributed by atoms with Crippen molar-refractivity contribution in [3.63, 3.8) is 0 Å². The second-order valence-electron chi connectivity index (χ2n) is 7.01. The third-order valence-electron chi connectivity index (χ3n) is 4.53. The molecule has 8 heteroatoms. The van der Waals surface area contributed by atoms with Crippen molar-refractivity contribution in [1.29, 1.82) is 0 Å². The minimum absolute atomic E-state index is 0.358. The molecule has 3 rings (SSSR count). The van der Waals surface area contributed by atoms with Crippen LogP contribution in [0.1, 0.15) is 28.4 Å². The number of para-hydroxylation sites is 1. The highest BCUT2D eigenvalue weighted by Gasteiger charge is 2.17. The van der Waals surface area contributed by atoms with E-state index in [9.17, 15) is 18.0 Å². The minimum Gasteiger partial charge on any atom is -0.326 e. The van der Waals surface area contributed by atoms with Crippen molar-refractivity contribution in [1.82, 2.24) is 4.72 Å². The first-order valence-corrected chi connectivity index (χ1v) is 11.2.